The number of benzene rings is 8. The second-order valence-electron chi connectivity index (χ2n) is 21.3. The van der Waals surface area contributed by atoms with Crippen LogP contribution in [0.15, 0.2) is 146 Å². The molecule has 0 saturated heterocycles. The van der Waals surface area contributed by atoms with Gasteiger partial charge in [-0.05, 0) is 110 Å². The van der Waals surface area contributed by atoms with E-state index in [9.17, 15) is 0 Å². The Labute approximate surface area is 395 Å². The van der Waals surface area contributed by atoms with Gasteiger partial charge in [-0.2, -0.15) is 0 Å². The van der Waals surface area contributed by atoms with Gasteiger partial charge in [0.2, 0.25) is 0 Å². The van der Waals surface area contributed by atoms with Crippen LogP contribution < -0.4 is 16.2 Å². The van der Waals surface area contributed by atoms with Gasteiger partial charge in [0.1, 0.15) is 5.01 Å². The van der Waals surface area contributed by atoms with Crippen LogP contribution in [0.4, 0.5) is 11.4 Å². The second-order valence-corrected chi connectivity index (χ2v) is 23.4. The number of thiophene rings is 1. The molecule has 11 aromatic rings. The summed E-state index contributed by atoms with van der Waals surface area (Å²) in [5, 5.41) is 10.5. The summed E-state index contributed by atoms with van der Waals surface area (Å²) in [5.41, 5.74) is 21.5. The number of anilines is 2. The molecule has 0 unspecified atom stereocenters. The molecule has 6 heteroatoms. The average Bonchev–Trinajstić information content (AvgIpc) is 4.05. The number of aromatic nitrogens is 2. The zero-order chi connectivity index (χ0) is 45.0. The minimum Gasteiger partial charge on any atom is -0.355 e. The van der Waals surface area contributed by atoms with E-state index in [1.54, 1.807) is 11.3 Å². The molecule has 0 amide bonds. The van der Waals surface area contributed by atoms with Crippen molar-refractivity contribution in [1.82, 2.24) is 9.55 Å². The van der Waals surface area contributed by atoms with Crippen molar-refractivity contribution in [2.24, 2.45) is 0 Å². The minimum atomic E-state index is -0.159. The Bertz CT molecular complexity index is 3850. The van der Waals surface area contributed by atoms with Gasteiger partial charge >= 0.3 is 0 Å². The molecule has 0 bridgehead atoms. The van der Waals surface area contributed by atoms with Gasteiger partial charge in [0.15, 0.2) is 7.28 Å². The molecule has 1 N–H and O–H groups in total. The Morgan fingerprint density at radius 2 is 1.33 bits per heavy atom. The second kappa shape index (κ2) is 13.8. The topological polar surface area (TPSA) is 29.9 Å². The normalized spacial score (nSPS) is 14.0. The van der Waals surface area contributed by atoms with Gasteiger partial charge in [-0.15, -0.1) is 22.7 Å². The van der Waals surface area contributed by atoms with Crippen molar-refractivity contribution in [2.45, 2.75) is 71.6 Å². The summed E-state index contributed by atoms with van der Waals surface area (Å²) in [5.74, 6) is 0. The third kappa shape index (κ3) is 5.77. The maximum atomic E-state index is 5.31. The first-order valence-electron chi connectivity index (χ1n) is 23.3. The highest BCUT2D eigenvalue weighted by Gasteiger charge is 2.38. The molecule has 13 rings (SSSR count). The van der Waals surface area contributed by atoms with Gasteiger partial charge in [-0.3, -0.25) is 0 Å². The standard InChI is InChI=1S/C60H50BN3S2/c1-58(2,3)34-22-25-36(26-23-34)62-45-30-43-39(37-18-12-14-20-42(37)60(43,7)8)29-40(45)51-52-38-19-13-15-21-49(38)65-56(52)53-41-28-35(59(4,5)6)24-27-47(41)64-48-32-50-46(31-44(48)61-54(51)55(53)64)63-57(66-50)33-16-10-9-11-17-33/h9-32,61-62H,1-8H3. The molecule has 0 atom stereocenters. The molecule has 66 heavy (non-hydrogen) atoms. The van der Waals surface area contributed by atoms with Crippen molar-refractivity contribution in [1.29, 1.82) is 0 Å². The van der Waals surface area contributed by atoms with E-state index in [2.05, 4.69) is 211 Å². The Morgan fingerprint density at radius 1 is 0.606 bits per heavy atom. The van der Waals surface area contributed by atoms with Gasteiger partial charge in [0.25, 0.3) is 0 Å². The molecule has 0 saturated carbocycles. The van der Waals surface area contributed by atoms with Crippen molar-refractivity contribution in [2.75, 3.05) is 5.32 Å². The number of nitrogens with one attached hydrogen (secondary N) is 1. The molecule has 2 aliphatic rings. The van der Waals surface area contributed by atoms with Crippen LogP contribution in [0.1, 0.15) is 77.6 Å². The summed E-state index contributed by atoms with van der Waals surface area (Å²) in [6, 6.07) is 55.1. The van der Waals surface area contributed by atoms with Crippen molar-refractivity contribution in [3.8, 4) is 38.5 Å². The van der Waals surface area contributed by atoms with Crippen molar-refractivity contribution < 1.29 is 0 Å². The van der Waals surface area contributed by atoms with E-state index >= 15 is 0 Å². The van der Waals surface area contributed by atoms with E-state index in [1.807, 2.05) is 11.3 Å². The van der Waals surface area contributed by atoms with Crippen LogP contribution >= 0.6 is 22.7 Å². The molecule has 0 radical (unpaired) electrons. The first-order valence-corrected chi connectivity index (χ1v) is 25.0. The average molecular weight is 888 g/mol. The summed E-state index contributed by atoms with van der Waals surface area (Å²) >= 11 is 3.75. The van der Waals surface area contributed by atoms with E-state index < -0.39 is 0 Å². The Balaban J connectivity index is 1.17. The van der Waals surface area contributed by atoms with Gasteiger partial charge in [-0.25, -0.2) is 4.98 Å². The highest BCUT2D eigenvalue weighted by molar-refractivity contribution is 7.27. The Hall–Kier alpha value is -6.47. The number of nitrogens with zero attached hydrogens (tertiary/aromatic N) is 2. The summed E-state index contributed by atoms with van der Waals surface area (Å²) in [7, 11) is 0.788. The van der Waals surface area contributed by atoms with E-state index in [1.165, 1.54) is 108 Å². The smallest absolute Gasteiger partial charge is 0.198 e. The molecule has 1 aliphatic carbocycles. The highest BCUT2D eigenvalue weighted by atomic mass is 32.1. The van der Waals surface area contributed by atoms with Crippen LogP contribution in [0.2, 0.25) is 0 Å². The van der Waals surface area contributed by atoms with Crippen LogP contribution in [-0.4, -0.2) is 16.8 Å². The molecule has 8 aromatic carbocycles. The predicted molar refractivity (Wildman–Crippen MR) is 289 cm³/mol. The quantitative estimate of drug-likeness (QED) is 0.178. The highest BCUT2D eigenvalue weighted by Crippen LogP contribution is 2.54. The van der Waals surface area contributed by atoms with Crippen molar-refractivity contribution in [3.63, 3.8) is 0 Å². The third-order valence-corrected chi connectivity index (χ3v) is 17.0. The number of thiazole rings is 1. The fraction of sp³-hybridized carbons (Fsp3) is 0.183. The lowest BCUT2D eigenvalue weighted by atomic mass is 9.58. The SMILES string of the molecule is CC(C)(C)c1ccc(Nc2cc3c(cc2-c2c4c5c(c6cc(C(C)(C)C)ccc6n5-c5cc6sc(-c7ccccc7)nc6cc5B4)c4sc5ccccc5c24)-c2ccccc2C3(C)C)cc1. The van der Waals surface area contributed by atoms with Crippen LogP contribution in [0.5, 0.6) is 0 Å². The van der Waals surface area contributed by atoms with E-state index in [4.69, 9.17) is 4.98 Å². The first kappa shape index (κ1) is 39.9. The first-order chi connectivity index (χ1) is 31.7. The minimum absolute atomic E-state index is 0.00840. The van der Waals surface area contributed by atoms with E-state index in [0.29, 0.717) is 0 Å². The summed E-state index contributed by atoms with van der Waals surface area (Å²) in [6.07, 6.45) is 0. The number of fused-ring (bicyclic) bond motifs is 13. The lowest BCUT2D eigenvalue weighted by molar-refractivity contribution is 0.590. The van der Waals surface area contributed by atoms with Crippen LogP contribution in [0.25, 0.3) is 90.7 Å². The third-order valence-electron chi connectivity index (χ3n) is 14.7. The van der Waals surface area contributed by atoms with Crippen LogP contribution in [0.3, 0.4) is 0 Å². The molecule has 0 fully saturated rings. The van der Waals surface area contributed by atoms with Crippen LogP contribution in [0, 0.1) is 0 Å². The van der Waals surface area contributed by atoms with Gasteiger partial charge in [0, 0.05) is 64.5 Å². The van der Waals surface area contributed by atoms with Gasteiger partial charge in [0.05, 0.1) is 21.3 Å². The summed E-state index contributed by atoms with van der Waals surface area (Å²) in [6.45, 7) is 18.7. The molecule has 4 heterocycles. The lowest BCUT2D eigenvalue weighted by Gasteiger charge is -2.27. The number of rotatable bonds is 4. The molecule has 3 aromatic heterocycles. The maximum absolute atomic E-state index is 5.31. The molecule has 0 spiro atoms. The monoisotopic (exact) mass is 887 g/mol. The summed E-state index contributed by atoms with van der Waals surface area (Å²) < 4.78 is 6.51. The maximum Gasteiger partial charge on any atom is 0.198 e. The lowest BCUT2D eigenvalue weighted by Crippen LogP contribution is -2.37. The zero-order valence-corrected chi connectivity index (χ0v) is 40.4. The van der Waals surface area contributed by atoms with E-state index in [0.717, 1.165) is 34.7 Å². The van der Waals surface area contributed by atoms with Crippen molar-refractivity contribution >= 4 is 104 Å². The molecule has 1 aliphatic heterocycles. The Morgan fingerprint density at radius 3 is 2.12 bits per heavy atom. The zero-order valence-electron chi connectivity index (χ0n) is 38.8. The van der Waals surface area contributed by atoms with E-state index in [-0.39, 0.29) is 16.2 Å². The van der Waals surface area contributed by atoms with Gasteiger partial charge < -0.3 is 9.88 Å². The van der Waals surface area contributed by atoms with Gasteiger partial charge in [-0.1, -0.05) is 152 Å². The largest absolute Gasteiger partial charge is 0.355 e. The predicted octanol–water partition coefficient (Wildman–Crippen LogP) is 15.4. The summed E-state index contributed by atoms with van der Waals surface area (Å²) in [4.78, 5) is 5.31. The fourth-order valence-corrected chi connectivity index (χ4v) is 13.5. The molecule has 3 nitrogen and oxygen atoms in total. The number of hydrogen-bond acceptors (Lipinski definition) is 4. The molecule has 320 valence electrons. The number of hydrogen-bond donors (Lipinski definition) is 1. The molecular formula is C60H50BN3S2. The Kier molecular flexibility index (Phi) is 8.33. The molecular weight excluding hydrogens is 838 g/mol. The van der Waals surface area contributed by atoms with Crippen molar-refractivity contribution in [3.05, 3.63) is 168 Å². The fourth-order valence-electron chi connectivity index (χ4n) is 11.2. The van der Waals surface area contributed by atoms with Crippen LogP contribution in [-0.2, 0) is 16.2 Å².